The maximum absolute atomic E-state index is 12.2. The number of nitrogens with one attached hydrogen (secondary N) is 2. The summed E-state index contributed by atoms with van der Waals surface area (Å²) in [7, 11) is 0. The van der Waals surface area contributed by atoms with Gasteiger partial charge in [-0.2, -0.15) is 0 Å². The van der Waals surface area contributed by atoms with E-state index in [1.807, 2.05) is 25.1 Å². The lowest BCUT2D eigenvalue weighted by molar-refractivity contribution is -0.115. The average Bonchev–Trinajstić information content (AvgIpc) is 2.98. The van der Waals surface area contributed by atoms with E-state index in [2.05, 4.69) is 30.2 Å². The molecule has 0 aliphatic rings. The van der Waals surface area contributed by atoms with Crippen LogP contribution in [0.15, 0.2) is 42.1 Å². The third kappa shape index (κ3) is 3.00. The van der Waals surface area contributed by atoms with Crippen molar-refractivity contribution >= 4 is 34.7 Å². The van der Waals surface area contributed by atoms with Gasteiger partial charge in [-0.15, -0.1) is 0 Å². The molecule has 106 valence electrons. The highest BCUT2D eigenvalue weighted by Gasteiger charge is 2.17. The number of nitrogens with zero attached hydrogens (tertiary/aromatic N) is 4. The third-order valence-electron chi connectivity index (χ3n) is 2.77. The van der Waals surface area contributed by atoms with Gasteiger partial charge in [0.1, 0.15) is 11.8 Å². The van der Waals surface area contributed by atoms with Crippen LogP contribution >= 0.6 is 11.8 Å². The minimum Gasteiger partial charge on any atom is -0.340 e. The van der Waals surface area contributed by atoms with Crippen LogP contribution in [0.25, 0.3) is 11.2 Å². The Morgan fingerprint density at radius 1 is 1.29 bits per heavy atom. The van der Waals surface area contributed by atoms with Gasteiger partial charge in [0.25, 0.3) is 0 Å². The minimum atomic E-state index is -0.298. The molecule has 0 radical (unpaired) electrons. The molecule has 3 aromatic heterocycles. The van der Waals surface area contributed by atoms with Gasteiger partial charge in [-0.25, -0.2) is 19.9 Å². The van der Waals surface area contributed by atoms with Gasteiger partial charge in [0.2, 0.25) is 5.91 Å². The zero-order chi connectivity index (χ0) is 14.7. The predicted octanol–water partition coefficient (Wildman–Crippen LogP) is 1.87. The molecule has 0 unspecified atom stereocenters. The molecule has 0 fully saturated rings. The molecule has 1 amide bonds. The molecule has 2 N–H and O–H groups in total. The van der Waals surface area contributed by atoms with Crippen LogP contribution in [0.5, 0.6) is 0 Å². The number of imidazole rings is 1. The summed E-state index contributed by atoms with van der Waals surface area (Å²) in [5, 5.41) is 3.28. The first-order valence-corrected chi connectivity index (χ1v) is 7.14. The zero-order valence-corrected chi connectivity index (χ0v) is 12.0. The van der Waals surface area contributed by atoms with Crippen LogP contribution in [0.1, 0.15) is 6.92 Å². The lowest BCUT2D eigenvalue weighted by atomic mass is 10.4. The smallest absolute Gasteiger partial charge is 0.238 e. The van der Waals surface area contributed by atoms with E-state index < -0.39 is 0 Å². The van der Waals surface area contributed by atoms with Gasteiger partial charge in [-0.3, -0.25) is 4.79 Å². The Morgan fingerprint density at radius 2 is 2.19 bits per heavy atom. The summed E-state index contributed by atoms with van der Waals surface area (Å²) in [5.74, 6) is 0.274. The topological polar surface area (TPSA) is 96.5 Å². The number of anilines is 1. The highest BCUT2D eigenvalue weighted by atomic mass is 32.2. The first-order chi connectivity index (χ1) is 10.2. The second-order valence-electron chi connectivity index (χ2n) is 4.24. The number of amides is 1. The Balaban J connectivity index is 1.72. The van der Waals surface area contributed by atoms with Gasteiger partial charge in [-0.05, 0) is 19.1 Å². The Hall–Kier alpha value is -2.48. The van der Waals surface area contributed by atoms with Gasteiger partial charge >= 0.3 is 0 Å². The van der Waals surface area contributed by atoms with Crippen molar-refractivity contribution in [2.24, 2.45) is 0 Å². The molecule has 0 bridgehead atoms. The Kier molecular flexibility index (Phi) is 3.78. The van der Waals surface area contributed by atoms with Crippen LogP contribution in [-0.4, -0.2) is 36.1 Å². The summed E-state index contributed by atoms with van der Waals surface area (Å²) in [4.78, 5) is 31.4. The van der Waals surface area contributed by atoms with E-state index in [0.717, 1.165) is 5.03 Å². The quantitative estimate of drug-likeness (QED) is 0.714. The molecule has 3 heterocycles. The number of pyridine rings is 1. The van der Waals surface area contributed by atoms with Crippen molar-refractivity contribution in [3.63, 3.8) is 0 Å². The van der Waals surface area contributed by atoms with Crippen molar-refractivity contribution in [1.29, 1.82) is 0 Å². The Labute approximate surface area is 124 Å². The second-order valence-corrected chi connectivity index (χ2v) is 5.60. The van der Waals surface area contributed by atoms with Crippen LogP contribution in [0, 0.1) is 0 Å². The number of H-pyrrole nitrogens is 1. The van der Waals surface area contributed by atoms with E-state index in [-0.39, 0.29) is 11.2 Å². The van der Waals surface area contributed by atoms with Gasteiger partial charge in [0.05, 0.1) is 16.6 Å². The average molecular weight is 300 g/mol. The number of aromatic nitrogens is 5. The molecule has 8 heteroatoms. The number of hydrogen-bond acceptors (Lipinski definition) is 6. The van der Waals surface area contributed by atoms with Crippen LogP contribution in [0.3, 0.4) is 0 Å². The molecule has 0 aromatic carbocycles. The number of carbonyl (C=O) groups is 1. The van der Waals surface area contributed by atoms with Gasteiger partial charge in [0.15, 0.2) is 11.5 Å². The molecule has 1 atom stereocenters. The molecule has 21 heavy (non-hydrogen) atoms. The third-order valence-corrected chi connectivity index (χ3v) is 3.82. The monoisotopic (exact) mass is 300 g/mol. The number of aromatic amines is 1. The van der Waals surface area contributed by atoms with E-state index in [1.54, 1.807) is 6.20 Å². The number of thioether (sulfide) groups is 1. The normalized spacial score (nSPS) is 12.2. The lowest BCUT2D eigenvalue weighted by Crippen LogP contribution is -2.23. The van der Waals surface area contributed by atoms with E-state index in [4.69, 9.17) is 0 Å². The molecular formula is C13H12N6OS. The summed E-state index contributed by atoms with van der Waals surface area (Å²) in [5.41, 5.74) is 1.13. The van der Waals surface area contributed by atoms with E-state index in [9.17, 15) is 4.79 Å². The predicted molar refractivity (Wildman–Crippen MR) is 79.9 cm³/mol. The van der Waals surface area contributed by atoms with Crippen molar-refractivity contribution < 1.29 is 4.79 Å². The lowest BCUT2D eigenvalue weighted by Gasteiger charge is -2.11. The van der Waals surface area contributed by atoms with Crippen LogP contribution < -0.4 is 5.32 Å². The minimum absolute atomic E-state index is 0.153. The van der Waals surface area contributed by atoms with Gasteiger partial charge in [-0.1, -0.05) is 17.8 Å². The molecule has 7 nitrogen and oxygen atoms in total. The number of hydrogen-bond donors (Lipinski definition) is 2. The fourth-order valence-electron chi connectivity index (χ4n) is 1.73. The molecule has 3 aromatic rings. The van der Waals surface area contributed by atoms with Crippen molar-refractivity contribution in [3.8, 4) is 0 Å². The number of carbonyl (C=O) groups excluding carboxylic acids is 1. The van der Waals surface area contributed by atoms with Gasteiger partial charge in [0, 0.05) is 6.20 Å². The first-order valence-electron chi connectivity index (χ1n) is 6.26. The summed E-state index contributed by atoms with van der Waals surface area (Å²) in [6, 6.07) is 5.59. The summed E-state index contributed by atoms with van der Waals surface area (Å²) < 4.78 is 0. The Bertz CT molecular complexity index is 759. The van der Waals surface area contributed by atoms with Crippen molar-refractivity contribution in [1.82, 2.24) is 24.9 Å². The maximum atomic E-state index is 12.2. The molecule has 0 spiro atoms. The fraction of sp³-hybridized carbons (Fsp3) is 0.154. The first kappa shape index (κ1) is 13.5. The molecule has 0 saturated carbocycles. The summed E-state index contributed by atoms with van der Waals surface area (Å²) in [6.45, 7) is 1.82. The summed E-state index contributed by atoms with van der Waals surface area (Å²) >= 11 is 1.39. The molecule has 0 aliphatic heterocycles. The van der Waals surface area contributed by atoms with Crippen LogP contribution in [0.4, 0.5) is 5.82 Å². The van der Waals surface area contributed by atoms with Crippen molar-refractivity contribution in [2.45, 2.75) is 17.2 Å². The van der Waals surface area contributed by atoms with Crippen LogP contribution in [0.2, 0.25) is 0 Å². The van der Waals surface area contributed by atoms with E-state index in [1.165, 1.54) is 24.4 Å². The highest BCUT2D eigenvalue weighted by Crippen LogP contribution is 2.22. The van der Waals surface area contributed by atoms with E-state index in [0.29, 0.717) is 17.0 Å². The Morgan fingerprint density at radius 3 is 3.00 bits per heavy atom. The zero-order valence-electron chi connectivity index (χ0n) is 11.1. The maximum Gasteiger partial charge on any atom is 0.238 e. The summed E-state index contributed by atoms with van der Waals surface area (Å²) in [6.07, 6.45) is 4.59. The van der Waals surface area contributed by atoms with E-state index >= 15 is 0 Å². The molecule has 3 rings (SSSR count). The standard InChI is InChI=1S/C13H12N6OS/c1-8(21-9-4-2-3-5-14-9)13(20)19-12-10-11(16-6-15-10)17-7-18-12/h2-8H,1H3,(H2,15,16,17,18,19,20)/t8-/m0/s1. The molecule has 0 aliphatic carbocycles. The largest absolute Gasteiger partial charge is 0.340 e. The number of rotatable bonds is 4. The number of fused-ring (bicyclic) bond motifs is 1. The van der Waals surface area contributed by atoms with Crippen molar-refractivity contribution in [2.75, 3.05) is 5.32 Å². The van der Waals surface area contributed by atoms with Crippen molar-refractivity contribution in [3.05, 3.63) is 37.1 Å². The second kappa shape index (κ2) is 5.88. The SMILES string of the molecule is C[C@H](Sc1ccccn1)C(=O)Nc1ncnc2nc[nH]c12. The highest BCUT2D eigenvalue weighted by molar-refractivity contribution is 8.00. The van der Waals surface area contributed by atoms with Crippen LogP contribution in [-0.2, 0) is 4.79 Å². The molecular weight excluding hydrogens is 288 g/mol. The molecule has 0 saturated heterocycles. The fourth-order valence-corrected chi connectivity index (χ4v) is 2.54. The van der Waals surface area contributed by atoms with Gasteiger partial charge < -0.3 is 10.3 Å².